The van der Waals surface area contributed by atoms with Gasteiger partial charge in [-0.3, -0.25) is 9.59 Å². The second-order valence-electron chi connectivity index (χ2n) is 5.74. The first-order chi connectivity index (χ1) is 10.9. The van der Waals surface area contributed by atoms with Gasteiger partial charge < -0.3 is 15.3 Å². The van der Waals surface area contributed by atoms with Crippen LogP contribution in [0.1, 0.15) is 30.4 Å². The largest absolute Gasteiger partial charge is 0.507 e. The van der Waals surface area contributed by atoms with Crippen LogP contribution in [0.3, 0.4) is 0 Å². The second-order valence-corrected chi connectivity index (χ2v) is 6.59. The highest BCUT2D eigenvalue weighted by Crippen LogP contribution is 2.33. The van der Waals surface area contributed by atoms with Crippen molar-refractivity contribution < 1.29 is 14.7 Å². The number of carbonyl (C=O) groups excluding carboxylic acids is 2. The van der Waals surface area contributed by atoms with Crippen LogP contribution in [0.25, 0.3) is 0 Å². The molecule has 0 saturated heterocycles. The number of carbonyl (C=O) groups is 2. The lowest BCUT2D eigenvalue weighted by atomic mass is 9.95. The molecule has 0 saturated carbocycles. The van der Waals surface area contributed by atoms with Crippen molar-refractivity contribution in [2.24, 2.45) is 0 Å². The van der Waals surface area contributed by atoms with E-state index in [1.165, 1.54) is 6.08 Å². The number of halogens is 1. The molecule has 1 unspecified atom stereocenters. The van der Waals surface area contributed by atoms with E-state index in [1.807, 2.05) is 11.0 Å². The van der Waals surface area contributed by atoms with E-state index in [4.69, 9.17) is 0 Å². The van der Waals surface area contributed by atoms with E-state index in [0.29, 0.717) is 24.1 Å². The third-order valence-electron chi connectivity index (χ3n) is 4.06. The number of nitrogens with one attached hydrogen (secondary N) is 1. The molecule has 124 valence electrons. The van der Waals surface area contributed by atoms with Gasteiger partial charge in [-0.15, -0.1) is 0 Å². The Morgan fingerprint density at radius 1 is 1.52 bits per heavy atom. The Labute approximate surface area is 144 Å². The fourth-order valence-corrected chi connectivity index (χ4v) is 3.21. The van der Waals surface area contributed by atoms with E-state index >= 15 is 0 Å². The third kappa shape index (κ3) is 4.34. The molecule has 1 aliphatic heterocycles. The maximum atomic E-state index is 12.3. The molecule has 1 aromatic carbocycles. The Hall–Kier alpha value is -1.82. The van der Waals surface area contributed by atoms with Crippen LogP contribution in [-0.4, -0.2) is 41.5 Å². The monoisotopic (exact) mass is 380 g/mol. The van der Waals surface area contributed by atoms with Gasteiger partial charge >= 0.3 is 0 Å². The average Bonchev–Trinajstić information content (AvgIpc) is 2.67. The van der Waals surface area contributed by atoms with Crippen molar-refractivity contribution in [1.29, 1.82) is 0 Å². The van der Waals surface area contributed by atoms with Crippen LogP contribution in [0.5, 0.6) is 5.75 Å². The van der Waals surface area contributed by atoms with Crippen LogP contribution < -0.4 is 5.32 Å². The fraction of sp³-hybridized carbons (Fsp3) is 0.412. The van der Waals surface area contributed by atoms with Crippen molar-refractivity contribution in [2.45, 2.75) is 25.7 Å². The summed E-state index contributed by atoms with van der Waals surface area (Å²) in [7, 11) is 0. The highest BCUT2D eigenvalue weighted by molar-refractivity contribution is 9.10. The number of phenols is 1. The summed E-state index contributed by atoms with van der Waals surface area (Å²) in [5, 5.41) is 12.5. The average molecular weight is 381 g/mol. The van der Waals surface area contributed by atoms with E-state index in [2.05, 4.69) is 34.7 Å². The molecule has 2 rings (SSSR count). The molecule has 6 heteroatoms. The molecule has 0 radical (unpaired) electrons. The van der Waals surface area contributed by atoms with Gasteiger partial charge in [0, 0.05) is 26.1 Å². The molecular formula is C17H21BrN2O3. The normalized spacial score (nSPS) is 17.1. The molecule has 0 aromatic heterocycles. The molecule has 0 spiro atoms. The summed E-state index contributed by atoms with van der Waals surface area (Å²) >= 11 is 3.34. The molecule has 1 heterocycles. The highest BCUT2D eigenvalue weighted by Gasteiger charge is 2.24. The van der Waals surface area contributed by atoms with E-state index < -0.39 is 0 Å². The summed E-state index contributed by atoms with van der Waals surface area (Å²) in [6, 6.07) is 3.71. The molecular weight excluding hydrogens is 360 g/mol. The Balaban J connectivity index is 2.01. The Bertz CT molecular complexity index is 631. The number of aromatic hydroxyl groups is 1. The number of hydrogen-bond donors (Lipinski definition) is 2. The predicted octanol–water partition coefficient (Wildman–Crippen LogP) is 2.34. The van der Waals surface area contributed by atoms with Gasteiger partial charge in [-0.1, -0.05) is 13.5 Å². The fourth-order valence-electron chi connectivity index (χ4n) is 2.82. The van der Waals surface area contributed by atoms with E-state index in [9.17, 15) is 14.7 Å². The number of fused-ring (bicyclic) bond motifs is 1. The Kier molecular flexibility index (Phi) is 5.82. The zero-order chi connectivity index (χ0) is 17.0. The third-order valence-corrected chi connectivity index (χ3v) is 4.70. The van der Waals surface area contributed by atoms with Gasteiger partial charge in [0.15, 0.2) is 0 Å². The van der Waals surface area contributed by atoms with E-state index in [0.717, 1.165) is 17.5 Å². The molecule has 23 heavy (non-hydrogen) atoms. The summed E-state index contributed by atoms with van der Waals surface area (Å²) in [6.45, 7) is 7.00. The lowest BCUT2D eigenvalue weighted by Crippen LogP contribution is -2.36. The molecule has 1 aliphatic rings. The minimum Gasteiger partial charge on any atom is -0.507 e. The predicted molar refractivity (Wildman–Crippen MR) is 92.3 cm³/mol. The maximum Gasteiger partial charge on any atom is 0.243 e. The van der Waals surface area contributed by atoms with Crippen molar-refractivity contribution in [3.05, 3.63) is 40.4 Å². The summed E-state index contributed by atoms with van der Waals surface area (Å²) in [5.74, 6) is 0.132. The zero-order valence-electron chi connectivity index (χ0n) is 13.1. The van der Waals surface area contributed by atoms with Crippen molar-refractivity contribution in [2.75, 3.05) is 19.6 Å². The molecule has 5 nitrogen and oxygen atoms in total. The first-order valence-corrected chi connectivity index (χ1v) is 8.41. The zero-order valence-corrected chi connectivity index (χ0v) is 14.7. The second kappa shape index (κ2) is 7.64. The van der Waals surface area contributed by atoms with Crippen molar-refractivity contribution in [3.63, 3.8) is 0 Å². The van der Waals surface area contributed by atoms with E-state index in [1.54, 1.807) is 6.07 Å². The number of phenolic OH excluding ortho intramolecular Hbond substituents is 1. The minimum absolute atomic E-state index is 0.0253. The van der Waals surface area contributed by atoms with Gasteiger partial charge in [0.25, 0.3) is 0 Å². The maximum absolute atomic E-state index is 12.3. The summed E-state index contributed by atoms with van der Waals surface area (Å²) in [5.41, 5.74) is 2.23. The molecule has 0 aliphatic carbocycles. The van der Waals surface area contributed by atoms with Crippen molar-refractivity contribution in [3.8, 4) is 5.75 Å². The van der Waals surface area contributed by atoms with Gasteiger partial charge in [0.1, 0.15) is 5.75 Å². The van der Waals surface area contributed by atoms with Crippen LogP contribution >= 0.6 is 15.9 Å². The lowest BCUT2D eigenvalue weighted by Gasteiger charge is -2.23. The first kappa shape index (κ1) is 17.5. The van der Waals surface area contributed by atoms with Crippen molar-refractivity contribution in [1.82, 2.24) is 10.2 Å². The molecule has 2 amide bonds. The first-order valence-electron chi connectivity index (χ1n) is 7.61. The standard InChI is InChI=1S/C17H21BrN2O3/c1-3-16(22)19-6-4-17(23)20-7-5-12-8-14(18)15(21)9-13(12)11(2)10-20/h3,8-9,11,21H,1,4-7,10H2,2H3,(H,19,22). The van der Waals surface area contributed by atoms with Gasteiger partial charge in [-0.2, -0.15) is 0 Å². The minimum atomic E-state index is -0.269. The number of hydrogen-bond acceptors (Lipinski definition) is 3. The van der Waals surface area contributed by atoms with Crippen molar-refractivity contribution >= 4 is 27.7 Å². The molecule has 0 bridgehead atoms. The van der Waals surface area contributed by atoms with Crippen LogP contribution in [0.15, 0.2) is 29.3 Å². The lowest BCUT2D eigenvalue weighted by molar-refractivity contribution is -0.131. The highest BCUT2D eigenvalue weighted by atomic mass is 79.9. The quantitative estimate of drug-likeness (QED) is 0.787. The van der Waals surface area contributed by atoms with Crippen LogP contribution in [0.2, 0.25) is 0 Å². The van der Waals surface area contributed by atoms with Gasteiger partial charge in [-0.05, 0) is 57.6 Å². The molecule has 1 aromatic rings. The van der Waals surface area contributed by atoms with E-state index in [-0.39, 0.29) is 29.9 Å². The molecule has 0 fully saturated rings. The Morgan fingerprint density at radius 3 is 2.96 bits per heavy atom. The topological polar surface area (TPSA) is 69.6 Å². The number of amides is 2. The Morgan fingerprint density at radius 2 is 2.26 bits per heavy atom. The number of rotatable bonds is 4. The van der Waals surface area contributed by atoms with Gasteiger partial charge in [0.05, 0.1) is 4.47 Å². The molecule has 2 N–H and O–H groups in total. The van der Waals surface area contributed by atoms with Crippen LogP contribution in [0, 0.1) is 0 Å². The van der Waals surface area contributed by atoms with Gasteiger partial charge in [-0.25, -0.2) is 0 Å². The van der Waals surface area contributed by atoms with Crippen LogP contribution in [0.4, 0.5) is 0 Å². The number of benzene rings is 1. The van der Waals surface area contributed by atoms with Gasteiger partial charge in [0.2, 0.25) is 11.8 Å². The summed E-state index contributed by atoms with van der Waals surface area (Å²) in [4.78, 5) is 25.3. The number of nitrogens with zero attached hydrogens (tertiary/aromatic N) is 1. The van der Waals surface area contributed by atoms with Crippen LogP contribution in [-0.2, 0) is 16.0 Å². The smallest absolute Gasteiger partial charge is 0.243 e. The summed E-state index contributed by atoms with van der Waals surface area (Å²) < 4.78 is 0.676. The summed E-state index contributed by atoms with van der Waals surface area (Å²) in [6.07, 6.45) is 2.22. The molecule has 1 atom stereocenters. The SMILES string of the molecule is C=CC(=O)NCCC(=O)N1CCc2cc(Br)c(O)cc2C(C)C1.